The molecule has 2 N–H and O–H groups in total. The third kappa shape index (κ3) is 3.51. The Labute approximate surface area is 130 Å². The van der Waals surface area contributed by atoms with E-state index in [0.29, 0.717) is 18.3 Å². The van der Waals surface area contributed by atoms with Gasteiger partial charge in [0, 0.05) is 0 Å². The minimum absolute atomic E-state index is 0.0653. The molecule has 1 aromatic rings. The number of fused-ring (bicyclic) bond motifs is 1. The van der Waals surface area contributed by atoms with Crippen LogP contribution in [-0.2, 0) is 4.79 Å². The minimum atomic E-state index is -0.0653. The first-order chi connectivity index (χ1) is 10.2. The number of carbonyl (C=O) groups is 1. The van der Waals surface area contributed by atoms with E-state index in [0.717, 1.165) is 30.2 Å². The summed E-state index contributed by atoms with van der Waals surface area (Å²) in [4.78, 5) is 12.3. The molecule has 0 bridgehead atoms. The van der Waals surface area contributed by atoms with Crippen LogP contribution in [0.15, 0.2) is 26.1 Å². The summed E-state index contributed by atoms with van der Waals surface area (Å²) in [7, 11) is 0. The topological polar surface area (TPSA) is 65.8 Å². The number of anilines is 1. The predicted octanol–water partition coefficient (Wildman–Crippen LogP) is 3.00. The van der Waals surface area contributed by atoms with E-state index in [1.54, 1.807) is 0 Å². The summed E-state index contributed by atoms with van der Waals surface area (Å²) >= 11 is -0.0653. The Hall–Kier alpha value is -1.23. The summed E-state index contributed by atoms with van der Waals surface area (Å²) in [5.41, 5.74) is 2.55. The van der Waals surface area contributed by atoms with Gasteiger partial charge in [-0.1, -0.05) is 0 Å². The molecule has 6 heteroatoms. The molecule has 5 nitrogen and oxygen atoms in total. The van der Waals surface area contributed by atoms with Crippen LogP contribution in [0.5, 0.6) is 0 Å². The monoisotopic (exact) mass is 352 g/mol. The van der Waals surface area contributed by atoms with Crippen molar-refractivity contribution in [2.45, 2.75) is 26.2 Å². The van der Waals surface area contributed by atoms with Crippen LogP contribution in [0.1, 0.15) is 26.2 Å². The predicted molar refractivity (Wildman–Crippen MR) is 84.4 cm³/mol. The molecule has 0 aliphatic carbocycles. The number of benzene rings is 1. The average Bonchev–Trinajstić information content (AvgIpc) is 2.97. The second-order valence-corrected chi connectivity index (χ2v) is 6.88. The van der Waals surface area contributed by atoms with Crippen LogP contribution in [0, 0.1) is 11.8 Å². The van der Waals surface area contributed by atoms with Crippen LogP contribution in [0.2, 0.25) is 0 Å². The van der Waals surface area contributed by atoms with E-state index in [9.17, 15) is 4.79 Å². The number of hydrogen-bond acceptors (Lipinski definition) is 4. The van der Waals surface area contributed by atoms with Crippen LogP contribution < -0.4 is 10.6 Å². The van der Waals surface area contributed by atoms with E-state index in [2.05, 4.69) is 25.5 Å². The number of nitrogens with one attached hydrogen (secondary N) is 2. The maximum atomic E-state index is 12.3. The van der Waals surface area contributed by atoms with Gasteiger partial charge in [-0.2, -0.15) is 0 Å². The zero-order valence-electron chi connectivity index (χ0n) is 12.1. The quantitative estimate of drug-likeness (QED) is 0.832. The molecule has 2 atom stereocenters. The fourth-order valence-electron chi connectivity index (χ4n) is 2.93. The molecule has 21 heavy (non-hydrogen) atoms. The fraction of sp³-hybridized carbons (Fsp3) is 0.533. The third-order valence-electron chi connectivity index (χ3n) is 4.21. The SMILES string of the molecule is CC(CC(=O)Nc1cccc2c1N=[Se]=N2)C1CCCNC1. The van der Waals surface area contributed by atoms with Gasteiger partial charge < -0.3 is 0 Å². The Morgan fingerprint density at radius 2 is 2.43 bits per heavy atom. The van der Waals surface area contributed by atoms with Gasteiger partial charge in [0.2, 0.25) is 0 Å². The fourth-order valence-corrected chi connectivity index (χ4v) is 4.09. The van der Waals surface area contributed by atoms with Gasteiger partial charge in [0.25, 0.3) is 0 Å². The molecular formula is C15H20N4OSe. The standard InChI is InChI=1S/C15H20N4OSe/c1-10(11-4-3-7-16-9-11)8-14(20)17-12-5-2-6-13-15(12)19-21-18-13/h2,5-6,10-11,16H,3-4,7-9H2,1H3,(H,17,20). The molecule has 0 spiro atoms. The molecule has 3 rings (SSSR count). The summed E-state index contributed by atoms with van der Waals surface area (Å²) in [5.74, 6) is 1.09. The average molecular weight is 351 g/mol. The molecule has 112 valence electrons. The first-order valence-corrected chi connectivity index (χ1v) is 8.99. The van der Waals surface area contributed by atoms with Gasteiger partial charge in [0.15, 0.2) is 0 Å². The summed E-state index contributed by atoms with van der Waals surface area (Å²) in [6, 6.07) is 5.77. The van der Waals surface area contributed by atoms with E-state index < -0.39 is 0 Å². The summed E-state index contributed by atoms with van der Waals surface area (Å²) < 4.78 is 8.73. The summed E-state index contributed by atoms with van der Waals surface area (Å²) in [6.07, 6.45) is 3.00. The van der Waals surface area contributed by atoms with Crippen LogP contribution in [0.4, 0.5) is 17.1 Å². The maximum absolute atomic E-state index is 12.3. The number of carbonyl (C=O) groups excluding carboxylic acids is 1. The molecule has 1 amide bonds. The van der Waals surface area contributed by atoms with Gasteiger partial charge in [-0.05, 0) is 0 Å². The van der Waals surface area contributed by atoms with Crippen molar-refractivity contribution in [3.05, 3.63) is 18.2 Å². The molecule has 2 aliphatic rings. The molecule has 0 radical (unpaired) electrons. The molecule has 2 heterocycles. The Balaban J connectivity index is 1.59. The van der Waals surface area contributed by atoms with E-state index in [1.165, 1.54) is 12.8 Å². The van der Waals surface area contributed by atoms with E-state index in [1.807, 2.05) is 18.2 Å². The van der Waals surface area contributed by atoms with Crippen molar-refractivity contribution in [3.8, 4) is 0 Å². The summed E-state index contributed by atoms with van der Waals surface area (Å²) in [6.45, 7) is 4.32. The van der Waals surface area contributed by atoms with Crippen molar-refractivity contribution in [2.24, 2.45) is 19.8 Å². The normalized spacial score (nSPS) is 21.5. The Bertz CT molecular complexity index is 604. The van der Waals surface area contributed by atoms with Crippen molar-refractivity contribution in [1.29, 1.82) is 0 Å². The van der Waals surface area contributed by atoms with Gasteiger partial charge in [-0.15, -0.1) is 0 Å². The van der Waals surface area contributed by atoms with Crippen molar-refractivity contribution < 1.29 is 4.79 Å². The first kappa shape index (κ1) is 14.7. The number of amides is 1. The van der Waals surface area contributed by atoms with Crippen molar-refractivity contribution in [2.75, 3.05) is 18.4 Å². The van der Waals surface area contributed by atoms with E-state index >= 15 is 0 Å². The first-order valence-electron chi connectivity index (χ1n) is 7.46. The van der Waals surface area contributed by atoms with Crippen LogP contribution >= 0.6 is 0 Å². The van der Waals surface area contributed by atoms with Gasteiger partial charge in [-0.25, -0.2) is 0 Å². The second kappa shape index (κ2) is 6.69. The van der Waals surface area contributed by atoms with Crippen LogP contribution in [0.3, 0.4) is 0 Å². The van der Waals surface area contributed by atoms with Crippen molar-refractivity contribution >= 4 is 37.5 Å². The Morgan fingerprint density at radius 3 is 3.24 bits per heavy atom. The van der Waals surface area contributed by atoms with Gasteiger partial charge in [-0.3, -0.25) is 0 Å². The molecular weight excluding hydrogens is 331 g/mol. The number of rotatable bonds is 4. The molecule has 0 saturated carbocycles. The molecule has 1 fully saturated rings. The van der Waals surface area contributed by atoms with Gasteiger partial charge in [0.05, 0.1) is 0 Å². The van der Waals surface area contributed by atoms with E-state index in [4.69, 9.17) is 0 Å². The van der Waals surface area contributed by atoms with Crippen LogP contribution in [0.25, 0.3) is 0 Å². The molecule has 1 saturated heterocycles. The third-order valence-corrected chi connectivity index (χ3v) is 5.35. The second-order valence-electron chi connectivity index (χ2n) is 5.77. The Kier molecular flexibility index (Phi) is 4.68. The molecule has 2 aliphatic heterocycles. The molecule has 1 aromatic carbocycles. The van der Waals surface area contributed by atoms with Gasteiger partial charge >= 0.3 is 130 Å². The molecule has 2 unspecified atom stereocenters. The van der Waals surface area contributed by atoms with Crippen molar-refractivity contribution in [1.82, 2.24) is 5.32 Å². The zero-order chi connectivity index (χ0) is 14.7. The summed E-state index contributed by atoms with van der Waals surface area (Å²) in [5, 5.41) is 6.42. The Morgan fingerprint density at radius 1 is 1.52 bits per heavy atom. The van der Waals surface area contributed by atoms with Crippen molar-refractivity contribution in [3.63, 3.8) is 0 Å². The number of hydrogen-bond donors (Lipinski definition) is 2. The van der Waals surface area contributed by atoms with Crippen LogP contribution in [-0.4, -0.2) is 33.6 Å². The van der Waals surface area contributed by atoms with Gasteiger partial charge in [0.1, 0.15) is 0 Å². The van der Waals surface area contributed by atoms with E-state index in [-0.39, 0.29) is 20.5 Å². The zero-order valence-corrected chi connectivity index (χ0v) is 13.8. The molecule has 0 aromatic heterocycles. The number of piperidine rings is 1. The number of nitrogens with zero attached hydrogens (tertiary/aromatic N) is 2.